The molecule has 1 aromatic rings. The topological polar surface area (TPSA) is 92.7 Å². The average Bonchev–Trinajstić information content (AvgIpc) is 2.51. The van der Waals surface area contributed by atoms with Crippen LogP contribution >= 0.6 is 11.8 Å². The highest BCUT2D eigenvalue weighted by atomic mass is 32.2. The van der Waals surface area contributed by atoms with Gasteiger partial charge in [0.2, 0.25) is 0 Å². The summed E-state index contributed by atoms with van der Waals surface area (Å²) in [6.45, 7) is 0. The highest BCUT2D eigenvalue weighted by molar-refractivity contribution is 7.99. The van der Waals surface area contributed by atoms with Crippen LogP contribution in [0.15, 0.2) is 11.4 Å². The monoisotopic (exact) mass is 328 g/mol. The highest BCUT2D eigenvalue weighted by Gasteiger charge is 2.54. The van der Waals surface area contributed by atoms with Crippen LogP contribution in [0.25, 0.3) is 0 Å². The molecule has 1 heterocycles. The van der Waals surface area contributed by atoms with Crippen LogP contribution in [0.3, 0.4) is 0 Å². The number of nitriles is 1. The fourth-order valence-corrected chi connectivity index (χ4v) is 6.13. The maximum atomic E-state index is 12.9. The molecule has 4 aliphatic carbocycles. The minimum Gasteiger partial charge on any atom is -0.382 e. The molecule has 4 fully saturated rings. The lowest BCUT2D eigenvalue weighted by Gasteiger charge is -2.56. The zero-order valence-electron chi connectivity index (χ0n) is 13.0. The van der Waals surface area contributed by atoms with Gasteiger partial charge in [-0.3, -0.25) is 4.79 Å². The van der Waals surface area contributed by atoms with Crippen LogP contribution in [0.5, 0.6) is 0 Å². The summed E-state index contributed by atoms with van der Waals surface area (Å²) in [6, 6.07) is 1.95. The molecule has 23 heavy (non-hydrogen) atoms. The van der Waals surface area contributed by atoms with Crippen molar-refractivity contribution in [2.45, 2.75) is 43.7 Å². The van der Waals surface area contributed by atoms with E-state index < -0.39 is 0 Å². The Morgan fingerprint density at radius 1 is 1.30 bits per heavy atom. The molecular weight excluding hydrogens is 308 g/mol. The Morgan fingerprint density at radius 2 is 1.91 bits per heavy atom. The van der Waals surface area contributed by atoms with Crippen molar-refractivity contribution in [2.75, 3.05) is 11.5 Å². The van der Waals surface area contributed by atoms with E-state index in [-0.39, 0.29) is 16.8 Å². The highest BCUT2D eigenvalue weighted by Crippen LogP contribution is 2.60. The van der Waals surface area contributed by atoms with Crippen molar-refractivity contribution in [2.24, 2.45) is 23.2 Å². The van der Waals surface area contributed by atoms with E-state index in [9.17, 15) is 4.79 Å². The predicted molar refractivity (Wildman–Crippen MR) is 87.5 cm³/mol. The summed E-state index contributed by atoms with van der Waals surface area (Å²) in [5.41, 5.74) is 5.92. The molecule has 5 nitrogen and oxygen atoms in total. The smallest absolute Gasteiger partial charge is 0.189 e. The normalized spacial score (nSPS) is 34.3. The van der Waals surface area contributed by atoms with E-state index in [0.29, 0.717) is 16.7 Å². The first-order valence-corrected chi connectivity index (χ1v) is 9.25. The van der Waals surface area contributed by atoms with Gasteiger partial charge in [0.15, 0.2) is 5.16 Å². The van der Waals surface area contributed by atoms with Gasteiger partial charge in [-0.2, -0.15) is 5.26 Å². The summed E-state index contributed by atoms with van der Waals surface area (Å²) < 4.78 is 0. The maximum absolute atomic E-state index is 12.9. The third kappa shape index (κ3) is 2.61. The molecule has 1 aromatic heterocycles. The second-order valence-corrected chi connectivity index (χ2v) is 8.42. The molecule has 0 atom stereocenters. The molecule has 0 saturated heterocycles. The molecule has 4 bridgehead atoms. The molecule has 0 radical (unpaired) electrons. The lowest BCUT2D eigenvalue weighted by molar-refractivity contribution is -0.141. The average molecular weight is 328 g/mol. The Bertz CT molecular complexity index is 661. The summed E-state index contributed by atoms with van der Waals surface area (Å²) in [4.78, 5) is 21.2. The number of anilines is 1. The van der Waals surface area contributed by atoms with E-state index in [1.54, 1.807) is 0 Å². The van der Waals surface area contributed by atoms with Gasteiger partial charge < -0.3 is 5.73 Å². The Balaban J connectivity index is 1.44. The number of aromatic nitrogens is 2. The molecule has 0 unspecified atom stereocenters. The maximum Gasteiger partial charge on any atom is 0.189 e. The van der Waals surface area contributed by atoms with Crippen molar-refractivity contribution in [3.8, 4) is 6.07 Å². The number of carbonyl (C=O) groups excluding carboxylic acids is 1. The zero-order chi connectivity index (χ0) is 16.0. The third-order valence-corrected chi connectivity index (χ3v) is 6.74. The van der Waals surface area contributed by atoms with Gasteiger partial charge in [0.25, 0.3) is 0 Å². The van der Waals surface area contributed by atoms with Gasteiger partial charge >= 0.3 is 0 Å². The molecule has 0 spiro atoms. The molecule has 5 rings (SSSR count). The molecule has 4 aliphatic rings. The predicted octanol–water partition coefficient (Wildman–Crippen LogP) is 2.81. The van der Waals surface area contributed by atoms with E-state index in [0.717, 1.165) is 37.0 Å². The first kappa shape index (κ1) is 14.9. The molecule has 2 N–H and O–H groups in total. The largest absolute Gasteiger partial charge is 0.382 e. The van der Waals surface area contributed by atoms with E-state index in [4.69, 9.17) is 11.0 Å². The Labute approximate surface area is 140 Å². The van der Waals surface area contributed by atoms with Crippen molar-refractivity contribution in [3.05, 3.63) is 11.8 Å². The van der Waals surface area contributed by atoms with Gasteiger partial charge in [-0.15, -0.1) is 0 Å². The standard InChI is InChI=1S/C17H20N4OS/c18-7-13-8-20-16(21-15(13)19)23-9-14(22)17-4-10-1-11(5-17)3-12(2-10)6-17/h8,10-12H,1-6,9H2,(H2,19,20,21). The van der Waals surface area contributed by atoms with Gasteiger partial charge in [-0.25, -0.2) is 9.97 Å². The van der Waals surface area contributed by atoms with Crippen LogP contribution in [0.1, 0.15) is 44.1 Å². The van der Waals surface area contributed by atoms with Gasteiger partial charge in [-0.05, 0) is 56.3 Å². The Morgan fingerprint density at radius 3 is 2.43 bits per heavy atom. The Kier molecular flexibility index (Phi) is 3.56. The second kappa shape index (κ2) is 5.48. The summed E-state index contributed by atoms with van der Waals surface area (Å²) in [7, 11) is 0. The van der Waals surface area contributed by atoms with Crippen LogP contribution < -0.4 is 5.73 Å². The molecule has 6 heteroatoms. The molecule has 0 amide bonds. The van der Waals surface area contributed by atoms with Crippen molar-refractivity contribution in [1.82, 2.24) is 9.97 Å². The van der Waals surface area contributed by atoms with Crippen molar-refractivity contribution in [1.29, 1.82) is 5.26 Å². The van der Waals surface area contributed by atoms with E-state index >= 15 is 0 Å². The molecule has 4 saturated carbocycles. The fourth-order valence-electron chi connectivity index (χ4n) is 5.27. The molecule has 120 valence electrons. The van der Waals surface area contributed by atoms with Crippen molar-refractivity contribution in [3.63, 3.8) is 0 Å². The second-order valence-electron chi connectivity index (χ2n) is 7.47. The van der Waals surface area contributed by atoms with Crippen LogP contribution in [0.4, 0.5) is 5.82 Å². The number of thioether (sulfide) groups is 1. The van der Waals surface area contributed by atoms with Crippen LogP contribution in [0, 0.1) is 34.5 Å². The number of rotatable bonds is 4. The van der Waals surface area contributed by atoms with Crippen molar-refractivity contribution < 1.29 is 4.79 Å². The summed E-state index contributed by atoms with van der Waals surface area (Å²) in [5, 5.41) is 9.34. The first-order chi connectivity index (χ1) is 11.1. The SMILES string of the molecule is N#Cc1cnc(SCC(=O)C23CC4CC(CC(C4)C2)C3)nc1N. The van der Waals surface area contributed by atoms with Crippen LogP contribution in [-0.4, -0.2) is 21.5 Å². The van der Waals surface area contributed by atoms with Crippen LogP contribution in [0.2, 0.25) is 0 Å². The van der Waals surface area contributed by atoms with E-state index in [1.165, 1.54) is 37.2 Å². The number of nitrogen functional groups attached to an aromatic ring is 1. The number of hydrogen-bond donors (Lipinski definition) is 1. The minimum atomic E-state index is -0.0696. The fraction of sp³-hybridized carbons (Fsp3) is 0.647. The molecular formula is C17H20N4OS. The van der Waals surface area contributed by atoms with E-state index in [1.807, 2.05) is 6.07 Å². The number of ketones is 1. The number of hydrogen-bond acceptors (Lipinski definition) is 6. The zero-order valence-corrected chi connectivity index (χ0v) is 13.8. The molecule has 0 aromatic carbocycles. The lowest BCUT2D eigenvalue weighted by Crippen LogP contribution is -2.50. The number of Topliss-reactive ketones (excluding diaryl/α,β-unsaturated/α-hetero) is 1. The van der Waals surface area contributed by atoms with Gasteiger partial charge in [-0.1, -0.05) is 11.8 Å². The molecule has 0 aliphatic heterocycles. The quantitative estimate of drug-likeness (QED) is 0.675. The third-order valence-electron chi connectivity index (χ3n) is 5.88. The van der Waals surface area contributed by atoms with Gasteiger partial charge in [0.05, 0.1) is 11.9 Å². The number of nitrogens with two attached hydrogens (primary N) is 1. The summed E-state index contributed by atoms with van der Waals surface area (Å²) >= 11 is 1.35. The van der Waals surface area contributed by atoms with E-state index in [2.05, 4.69) is 9.97 Å². The first-order valence-electron chi connectivity index (χ1n) is 8.27. The van der Waals surface area contributed by atoms with Gasteiger partial charge in [0.1, 0.15) is 23.2 Å². The van der Waals surface area contributed by atoms with Crippen LogP contribution in [-0.2, 0) is 4.79 Å². The Hall–Kier alpha value is -1.61. The minimum absolute atomic E-state index is 0.0696. The lowest BCUT2D eigenvalue weighted by atomic mass is 9.48. The number of nitrogens with zero attached hydrogens (tertiary/aromatic N) is 3. The van der Waals surface area contributed by atoms with Gasteiger partial charge in [0, 0.05) is 5.41 Å². The van der Waals surface area contributed by atoms with Crippen molar-refractivity contribution >= 4 is 23.4 Å². The number of carbonyl (C=O) groups is 1. The summed E-state index contributed by atoms with van der Waals surface area (Å²) in [5.74, 6) is 3.30. The summed E-state index contributed by atoms with van der Waals surface area (Å²) in [6.07, 6.45) is 8.73.